The Morgan fingerprint density at radius 1 is 1.26 bits per heavy atom. The van der Waals surface area contributed by atoms with Gasteiger partial charge in [0.1, 0.15) is 0 Å². The van der Waals surface area contributed by atoms with Crippen molar-refractivity contribution in [3.05, 3.63) is 35.9 Å². The van der Waals surface area contributed by atoms with Gasteiger partial charge in [0.15, 0.2) is 0 Å². The van der Waals surface area contributed by atoms with Crippen molar-refractivity contribution in [2.24, 2.45) is 0 Å². The lowest BCUT2D eigenvalue weighted by Gasteiger charge is -2.31. The van der Waals surface area contributed by atoms with Gasteiger partial charge in [0.05, 0.1) is 6.10 Å². The molecule has 0 bridgehead atoms. The highest BCUT2D eigenvalue weighted by Gasteiger charge is 2.23. The lowest BCUT2D eigenvalue weighted by atomic mass is 10.0. The summed E-state index contributed by atoms with van der Waals surface area (Å²) in [5, 5.41) is 6.92. The highest BCUT2D eigenvalue weighted by Crippen LogP contribution is 2.08. The van der Waals surface area contributed by atoms with Crippen molar-refractivity contribution in [2.45, 2.75) is 25.1 Å². The van der Waals surface area contributed by atoms with E-state index in [0.29, 0.717) is 6.04 Å². The van der Waals surface area contributed by atoms with E-state index in [9.17, 15) is 0 Å². The maximum absolute atomic E-state index is 5.47. The topological polar surface area (TPSA) is 64.8 Å². The highest BCUT2D eigenvalue weighted by atomic mass is 35.5. The largest absolute Gasteiger partial charge is 0.412 e. The van der Waals surface area contributed by atoms with Crippen LogP contribution in [0.2, 0.25) is 0 Å². The molecule has 1 heterocycles. The van der Waals surface area contributed by atoms with Gasteiger partial charge in [-0.1, -0.05) is 30.3 Å². The molecule has 112 valence electrons. The lowest BCUT2D eigenvalue weighted by Crippen LogP contribution is -2.51. The molecule has 0 radical (unpaired) electrons. The second-order valence-electron chi connectivity index (χ2n) is 4.24. The van der Waals surface area contributed by atoms with Crippen molar-refractivity contribution in [2.75, 3.05) is 20.2 Å². The summed E-state index contributed by atoms with van der Waals surface area (Å²) in [4.78, 5) is 0. The number of nitrogens with one attached hydrogen (secondary N) is 2. The molecule has 0 spiro atoms. The van der Waals surface area contributed by atoms with Crippen molar-refractivity contribution < 1.29 is 10.2 Å². The van der Waals surface area contributed by atoms with Gasteiger partial charge in [-0.15, -0.1) is 24.8 Å². The van der Waals surface area contributed by atoms with Crippen molar-refractivity contribution in [3.63, 3.8) is 0 Å². The smallest absolute Gasteiger partial charge is 0.0848 e. The van der Waals surface area contributed by atoms with E-state index in [2.05, 4.69) is 34.9 Å². The molecule has 1 aromatic carbocycles. The molecule has 4 N–H and O–H groups in total. The minimum Gasteiger partial charge on any atom is -0.412 e. The SMILES string of the molecule is COC1CNCCC1NCc1ccccc1.Cl.Cl.O. The van der Waals surface area contributed by atoms with Crippen LogP contribution in [0, 0.1) is 0 Å². The first-order chi connectivity index (χ1) is 7.90. The van der Waals surface area contributed by atoms with Gasteiger partial charge in [-0.25, -0.2) is 0 Å². The quantitative estimate of drug-likeness (QED) is 0.877. The molecule has 2 atom stereocenters. The Morgan fingerprint density at radius 3 is 2.58 bits per heavy atom. The monoisotopic (exact) mass is 310 g/mol. The standard InChI is InChI=1S/C13H20N2O.2ClH.H2O/c1-16-13-10-14-8-7-12(13)15-9-11-5-3-2-4-6-11;;;/h2-6,12-15H,7-10H2,1H3;2*1H;1H2. The van der Waals surface area contributed by atoms with Crippen LogP contribution in [0.1, 0.15) is 12.0 Å². The molecule has 1 aliphatic heterocycles. The summed E-state index contributed by atoms with van der Waals surface area (Å²) in [6, 6.07) is 11.0. The van der Waals surface area contributed by atoms with Crippen LogP contribution in [0.5, 0.6) is 0 Å². The van der Waals surface area contributed by atoms with Gasteiger partial charge in [0.25, 0.3) is 0 Å². The fraction of sp³-hybridized carbons (Fsp3) is 0.538. The Hall–Kier alpha value is -0.360. The number of halogens is 2. The van der Waals surface area contributed by atoms with Crippen LogP contribution in [0.25, 0.3) is 0 Å². The van der Waals surface area contributed by atoms with Crippen LogP contribution in [0.15, 0.2) is 30.3 Å². The van der Waals surface area contributed by atoms with Crippen molar-refractivity contribution in [1.82, 2.24) is 10.6 Å². The van der Waals surface area contributed by atoms with Crippen LogP contribution < -0.4 is 10.6 Å². The van der Waals surface area contributed by atoms with Gasteiger partial charge in [-0.05, 0) is 18.5 Å². The second-order valence-corrected chi connectivity index (χ2v) is 4.24. The first-order valence-corrected chi connectivity index (χ1v) is 5.91. The first-order valence-electron chi connectivity index (χ1n) is 5.91. The Balaban J connectivity index is 0. The van der Waals surface area contributed by atoms with Crippen LogP contribution in [0.4, 0.5) is 0 Å². The third-order valence-corrected chi connectivity index (χ3v) is 3.14. The summed E-state index contributed by atoms with van der Waals surface area (Å²) in [6.07, 6.45) is 1.42. The third kappa shape index (κ3) is 6.56. The average Bonchev–Trinajstić information content (AvgIpc) is 2.38. The van der Waals surface area contributed by atoms with Gasteiger partial charge in [0, 0.05) is 26.2 Å². The Morgan fingerprint density at radius 2 is 1.95 bits per heavy atom. The Bertz CT molecular complexity index is 315. The average molecular weight is 311 g/mol. The summed E-state index contributed by atoms with van der Waals surface area (Å²) in [6.45, 7) is 2.95. The van der Waals surface area contributed by atoms with Crippen molar-refractivity contribution >= 4 is 24.8 Å². The van der Waals surface area contributed by atoms with E-state index in [1.165, 1.54) is 5.56 Å². The minimum absolute atomic E-state index is 0. The molecule has 1 saturated heterocycles. The zero-order chi connectivity index (χ0) is 11.2. The molecule has 0 aliphatic carbocycles. The maximum Gasteiger partial charge on any atom is 0.0848 e. The van der Waals surface area contributed by atoms with Crippen molar-refractivity contribution in [3.8, 4) is 0 Å². The highest BCUT2D eigenvalue weighted by molar-refractivity contribution is 5.85. The van der Waals surface area contributed by atoms with Gasteiger partial charge < -0.3 is 20.8 Å². The van der Waals surface area contributed by atoms with E-state index in [-0.39, 0.29) is 36.4 Å². The molecule has 2 rings (SSSR count). The summed E-state index contributed by atoms with van der Waals surface area (Å²) in [7, 11) is 1.79. The lowest BCUT2D eigenvalue weighted by molar-refractivity contribution is 0.0512. The molecule has 6 heteroatoms. The number of methoxy groups -OCH3 is 1. The number of ether oxygens (including phenoxy) is 1. The molecule has 0 saturated carbocycles. The van der Waals surface area contributed by atoms with E-state index in [0.717, 1.165) is 26.1 Å². The zero-order valence-corrected chi connectivity index (χ0v) is 12.7. The maximum atomic E-state index is 5.47. The van der Waals surface area contributed by atoms with E-state index in [4.69, 9.17) is 4.74 Å². The predicted octanol–water partition coefficient (Wildman–Crippen LogP) is 1.17. The Kier molecular flexibility index (Phi) is 12.6. The Labute approximate surface area is 127 Å². The van der Waals surface area contributed by atoms with E-state index >= 15 is 0 Å². The van der Waals surface area contributed by atoms with E-state index < -0.39 is 0 Å². The molecule has 0 amide bonds. The number of benzene rings is 1. The van der Waals surface area contributed by atoms with Crippen LogP contribution >= 0.6 is 24.8 Å². The van der Waals surface area contributed by atoms with Gasteiger partial charge in [-0.3, -0.25) is 0 Å². The van der Waals surface area contributed by atoms with Crippen LogP contribution in [-0.4, -0.2) is 37.8 Å². The van der Waals surface area contributed by atoms with E-state index in [1.807, 2.05) is 6.07 Å². The number of rotatable bonds is 4. The molecule has 2 unspecified atom stereocenters. The predicted molar refractivity (Wildman–Crippen MR) is 83.5 cm³/mol. The summed E-state index contributed by atoms with van der Waals surface area (Å²) >= 11 is 0. The van der Waals surface area contributed by atoms with Gasteiger partial charge in [0.2, 0.25) is 0 Å². The fourth-order valence-corrected chi connectivity index (χ4v) is 2.16. The molecular formula is C13H24Cl2N2O2. The number of hydrogen-bond donors (Lipinski definition) is 2. The second kappa shape index (κ2) is 11.5. The summed E-state index contributed by atoms with van der Waals surface area (Å²) < 4.78 is 5.47. The summed E-state index contributed by atoms with van der Waals surface area (Å²) in [5.41, 5.74) is 1.33. The molecule has 1 aromatic rings. The van der Waals surface area contributed by atoms with E-state index in [1.54, 1.807) is 7.11 Å². The fourth-order valence-electron chi connectivity index (χ4n) is 2.16. The van der Waals surface area contributed by atoms with Crippen LogP contribution in [-0.2, 0) is 11.3 Å². The molecule has 1 aliphatic rings. The van der Waals surface area contributed by atoms with Crippen LogP contribution in [0.3, 0.4) is 0 Å². The number of piperidine rings is 1. The molecule has 0 aromatic heterocycles. The normalized spacial score (nSPS) is 21.5. The van der Waals surface area contributed by atoms with Crippen molar-refractivity contribution in [1.29, 1.82) is 0 Å². The molecular weight excluding hydrogens is 287 g/mol. The molecule has 19 heavy (non-hydrogen) atoms. The number of hydrogen-bond acceptors (Lipinski definition) is 3. The molecule has 1 fully saturated rings. The first kappa shape index (κ1) is 20.9. The van der Waals surface area contributed by atoms with Gasteiger partial charge >= 0.3 is 0 Å². The summed E-state index contributed by atoms with van der Waals surface area (Å²) in [5.74, 6) is 0. The third-order valence-electron chi connectivity index (χ3n) is 3.14. The zero-order valence-electron chi connectivity index (χ0n) is 11.1. The minimum atomic E-state index is 0. The van der Waals surface area contributed by atoms with Gasteiger partial charge in [-0.2, -0.15) is 0 Å². The molecule has 4 nitrogen and oxygen atoms in total.